The maximum absolute atomic E-state index is 12.9. The zero-order valence-electron chi connectivity index (χ0n) is 12.5. The summed E-state index contributed by atoms with van der Waals surface area (Å²) in [5, 5.41) is 3.88. The van der Waals surface area contributed by atoms with Gasteiger partial charge in [0, 0.05) is 41.3 Å². The minimum atomic E-state index is -0.0872. The third-order valence-electron chi connectivity index (χ3n) is 4.80. The van der Waals surface area contributed by atoms with E-state index < -0.39 is 0 Å². The van der Waals surface area contributed by atoms with Gasteiger partial charge in [0.05, 0.1) is 5.52 Å². The third-order valence-corrected chi connectivity index (χ3v) is 5.41. The van der Waals surface area contributed by atoms with E-state index in [1.54, 1.807) is 0 Å². The highest BCUT2D eigenvalue weighted by Gasteiger charge is 2.45. The molecule has 3 heterocycles. The van der Waals surface area contributed by atoms with Crippen LogP contribution in [0.4, 0.5) is 0 Å². The van der Waals surface area contributed by atoms with E-state index in [4.69, 9.17) is 0 Å². The van der Waals surface area contributed by atoms with E-state index in [2.05, 4.69) is 26.2 Å². The van der Waals surface area contributed by atoms with Gasteiger partial charge in [-0.25, -0.2) is 4.98 Å². The highest BCUT2D eigenvalue weighted by molar-refractivity contribution is 9.10. The molecule has 2 saturated heterocycles. The van der Waals surface area contributed by atoms with Gasteiger partial charge in [0.25, 0.3) is 5.91 Å². The molecule has 0 bridgehead atoms. The first-order valence-corrected chi connectivity index (χ1v) is 8.47. The van der Waals surface area contributed by atoms with Gasteiger partial charge >= 0.3 is 0 Å². The summed E-state index contributed by atoms with van der Waals surface area (Å²) in [6, 6.07) is 9.68. The maximum atomic E-state index is 12.9. The molecular formula is C17H16BrN3O2. The van der Waals surface area contributed by atoms with Crippen LogP contribution >= 0.6 is 15.9 Å². The van der Waals surface area contributed by atoms with E-state index in [9.17, 15) is 9.59 Å². The zero-order chi connectivity index (χ0) is 16.0. The summed E-state index contributed by atoms with van der Waals surface area (Å²) < 4.78 is 0.711. The first kappa shape index (κ1) is 14.6. The first-order valence-electron chi connectivity index (χ1n) is 7.68. The summed E-state index contributed by atoms with van der Waals surface area (Å²) in [7, 11) is 0. The Morgan fingerprint density at radius 3 is 2.96 bits per heavy atom. The Kier molecular flexibility index (Phi) is 3.37. The molecule has 2 fully saturated rings. The van der Waals surface area contributed by atoms with Crippen LogP contribution in [-0.4, -0.2) is 41.3 Å². The van der Waals surface area contributed by atoms with Crippen molar-refractivity contribution < 1.29 is 9.59 Å². The van der Waals surface area contributed by atoms with Crippen LogP contribution < -0.4 is 5.32 Å². The molecule has 2 aliphatic rings. The van der Waals surface area contributed by atoms with Crippen molar-refractivity contribution in [3.63, 3.8) is 0 Å². The fourth-order valence-electron chi connectivity index (χ4n) is 3.54. The number of para-hydroxylation sites is 1. The van der Waals surface area contributed by atoms with E-state index in [1.165, 1.54) is 0 Å². The van der Waals surface area contributed by atoms with Gasteiger partial charge in [-0.05, 0) is 34.5 Å². The van der Waals surface area contributed by atoms with E-state index in [0.717, 1.165) is 17.3 Å². The summed E-state index contributed by atoms with van der Waals surface area (Å²) >= 11 is 3.47. The average molecular weight is 374 g/mol. The van der Waals surface area contributed by atoms with Crippen LogP contribution in [0, 0.1) is 5.41 Å². The molecule has 23 heavy (non-hydrogen) atoms. The minimum Gasteiger partial charge on any atom is -0.355 e. The van der Waals surface area contributed by atoms with Gasteiger partial charge in [-0.15, -0.1) is 0 Å². The second-order valence-corrected chi connectivity index (χ2v) is 7.30. The van der Waals surface area contributed by atoms with Crippen molar-refractivity contribution in [2.75, 3.05) is 19.6 Å². The molecule has 1 atom stereocenters. The second kappa shape index (κ2) is 5.30. The number of rotatable bonds is 1. The number of carbonyl (C=O) groups is 2. The van der Waals surface area contributed by atoms with E-state index in [0.29, 0.717) is 36.2 Å². The zero-order valence-corrected chi connectivity index (χ0v) is 14.1. The Balaban J connectivity index is 1.62. The van der Waals surface area contributed by atoms with Crippen LogP contribution in [0.3, 0.4) is 0 Å². The molecule has 1 N–H and O–H groups in total. The van der Waals surface area contributed by atoms with Crippen LogP contribution in [0.5, 0.6) is 0 Å². The maximum Gasteiger partial charge on any atom is 0.273 e. The molecular weight excluding hydrogens is 358 g/mol. The summed E-state index contributed by atoms with van der Waals surface area (Å²) in [5.41, 5.74) is 1.17. The lowest BCUT2D eigenvalue weighted by molar-refractivity contribution is -0.119. The van der Waals surface area contributed by atoms with Crippen molar-refractivity contribution in [1.82, 2.24) is 15.2 Å². The van der Waals surface area contributed by atoms with Crippen molar-refractivity contribution in [1.29, 1.82) is 0 Å². The molecule has 2 aliphatic heterocycles. The first-order chi connectivity index (χ1) is 11.1. The third kappa shape index (κ3) is 2.51. The van der Waals surface area contributed by atoms with Crippen LogP contribution in [0.1, 0.15) is 23.3 Å². The quantitative estimate of drug-likeness (QED) is 0.834. The number of amides is 2. The van der Waals surface area contributed by atoms with Crippen LogP contribution in [0.2, 0.25) is 0 Å². The number of nitrogens with zero attached hydrogens (tertiary/aromatic N) is 2. The number of carbonyl (C=O) groups excluding carboxylic acids is 2. The molecule has 6 heteroatoms. The molecule has 1 spiro atoms. The average Bonchev–Trinajstić information content (AvgIpc) is 3.12. The molecule has 2 aromatic rings. The number of fused-ring (bicyclic) bond motifs is 1. The lowest BCUT2D eigenvalue weighted by atomic mass is 9.86. The van der Waals surface area contributed by atoms with E-state index in [1.807, 2.05) is 35.2 Å². The molecule has 4 rings (SSSR count). The van der Waals surface area contributed by atoms with Crippen molar-refractivity contribution in [3.05, 3.63) is 40.5 Å². The van der Waals surface area contributed by atoms with Gasteiger partial charge < -0.3 is 10.2 Å². The van der Waals surface area contributed by atoms with Crippen LogP contribution in [0.15, 0.2) is 34.8 Å². The number of hydrogen-bond donors (Lipinski definition) is 1. The van der Waals surface area contributed by atoms with Gasteiger partial charge in [-0.2, -0.15) is 0 Å². The van der Waals surface area contributed by atoms with Crippen molar-refractivity contribution in [2.24, 2.45) is 5.41 Å². The predicted octanol–water partition coefficient (Wildman–Crippen LogP) is 2.35. The lowest BCUT2D eigenvalue weighted by Crippen LogP contribution is -2.33. The Morgan fingerprint density at radius 1 is 1.35 bits per heavy atom. The molecule has 1 unspecified atom stereocenters. The molecule has 118 valence electrons. The van der Waals surface area contributed by atoms with Gasteiger partial charge in [0.2, 0.25) is 5.91 Å². The topological polar surface area (TPSA) is 62.3 Å². The predicted molar refractivity (Wildman–Crippen MR) is 90.0 cm³/mol. The molecule has 1 aromatic heterocycles. The molecule has 0 aliphatic carbocycles. The number of aromatic nitrogens is 1. The van der Waals surface area contributed by atoms with Crippen LogP contribution in [0.25, 0.3) is 10.9 Å². The molecule has 1 aromatic carbocycles. The minimum absolute atomic E-state index is 0.0705. The van der Waals surface area contributed by atoms with Crippen molar-refractivity contribution in [2.45, 2.75) is 12.8 Å². The number of hydrogen-bond acceptors (Lipinski definition) is 3. The Bertz CT molecular complexity index is 823. The smallest absolute Gasteiger partial charge is 0.273 e. The standard InChI is InChI=1S/C17H16BrN3O2/c18-12-7-11-3-1-2-4-13(11)20-15(12)16(23)21-6-5-17(10-21)8-14(22)19-9-17/h1-4,7H,5-6,8-10H2,(H,19,22). The highest BCUT2D eigenvalue weighted by atomic mass is 79.9. The van der Waals surface area contributed by atoms with Gasteiger partial charge in [-0.1, -0.05) is 18.2 Å². The SMILES string of the molecule is O=C1CC2(CCN(C(=O)c3nc4ccccc4cc3Br)C2)CN1. The molecule has 2 amide bonds. The fraction of sp³-hybridized carbons (Fsp3) is 0.353. The number of nitrogens with one attached hydrogen (secondary N) is 1. The number of likely N-dealkylation sites (tertiary alicyclic amines) is 1. The van der Waals surface area contributed by atoms with Crippen molar-refractivity contribution in [3.8, 4) is 0 Å². The molecule has 0 saturated carbocycles. The summed E-state index contributed by atoms with van der Waals surface area (Å²) in [6.45, 7) is 1.96. The highest BCUT2D eigenvalue weighted by Crippen LogP contribution is 2.37. The fourth-order valence-corrected chi connectivity index (χ4v) is 4.04. The van der Waals surface area contributed by atoms with Crippen LogP contribution in [-0.2, 0) is 4.79 Å². The molecule has 5 nitrogen and oxygen atoms in total. The Morgan fingerprint density at radius 2 is 2.17 bits per heavy atom. The van der Waals surface area contributed by atoms with Crippen molar-refractivity contribution >= 4 is 38.6 Å². The largest absolute Gasteiger partial charge is 0.355 e. The Hall–Kier alpha value is -1.95. The Labute approximate surface area is 142 Å². The number of benzene rings is 1. The number of halogens is 1. The lowest BCUT2D eigenvalue weighted by Gasteiger charge is -2.22. The van der Waals surface area contributed by atoms with Gasteiger partial charge in [0.15, 0.2) is 0 Å². The summed E-state index contributed by atoms with van der Waals surface area (Å²) in [6.07, 6.45) is 1.38. The summed E-state index contributed by atoms with van der Waals surface area (Å²) in [5.74, 6) is 0.0168. The molecule has 0 radical (unpaired) electrons. The van der Waals surface area contributed by atoms with E-state index >= 15 is 0 Å². The summed E-state index contributed by atoms with van der Waals surface area (Å²) in [4.78, 5) is 30.7. The van der Waals surface area contributed by atoms with Gasteiger partial charge in [-0.3, -0.25) is 9.59 Å². The second-order valence-electron chi connectivity index (χ2n) is 6.44. The number of pyridine rings is 1. The van der Waals surface area contributed by atoms with Gasteiger partial charge in [0.1, 0.15) is 5.69 Å². The van der Waals surface area contributed by atoms with E-state index in [-0.39, 0.29) is 17.2 Å². The normalized spacial score (nSPS) is 23.7. The monoisotopic (exact) mass is 373 g/mol.